The summed E-state index contributed by atoms with van der Waals surface area (Å²) in [6.45, 7) is 2.97. The van der Waals surface area contributed by atoms with Crippen LogP contribution >= 0.6 is 0 Å². The minimum absolute atomic E-state index is 0.0669. The number of piperidine rings is 1. The number of para-hydroxylation sites is 1. The van der Waals surface area contributed by atoms with Crippen LogP contribution in [0.1, 0.15) is 69.3 Å². The first-order valence-corrected chi connectivity index (χ1v) is 14.3. The largest absolute Gasteiger partial charge is 0.492 e. The van der Waals surface area contributed by atoms with Gasteiger partial charge >= 0.3 is 0 Å². The first-order valence-electron chi connectivity index (χ1n) is 12.6. The maximum Gasteiger partial charge on any atom is 0.212 e. The standard InChI is InChI=1S/C25H38N2O4S/c28-32(29,18-19-5-3-6-19)26-23-8-4-14-27-15-16-30-25-9-2-1-7-22(25)20-10-12-21(13-11-20)31-17-24(23)27/h1-2,7,9,19-21,23-24,26H,3-6,8,10-18H2/t20?,21?,23-,24-/m0/s1. The van der Waals surface area contributed by atoms with Gasteiger partial charge in [-0.2, -0.15) is 0 Å². The second kappa shape index (κ2) is 10.00. The Morgan fingerprint density at radius 2 is 1.78 bits per heavy atom. The number of ether oxygens (including phenoxy) is 2. The Bertz CT molecular complexity index is 864. The van der Waals surface area contributed by atoms with E-state index in [1.54, 1.807) is 0 Å². The highest BCUT2D eigenvalue weighted by Crippen LogP contribution is 2.39. The van der Waals surface area contributed by atoms with E-state index in [9.17, 15) is 8.42 Å². The SMILES string of the molecule is O=S(=O)(CC1CCC1)N[C@H]1CCCN2CCOc3ccccc3C3CCC(CC3)OC[C@@H]12. The van der Waals surface area contributed by atoms with Gasteiger partial charge in [-0.3, -0.25) is 4.90 Å². The van der Waals surface area contributed by atoms with Gasteiger partial charge < -0.3 is 9.47 Å². The number of benzene rings is 1. The minimum atomic E-state index is -3.26. The average Bonchev–Trinajstić information content (AvgIpc) is 2.78. The van der Waals surface area contributed by atoms with Crippen molar-refractivity contribution in [2.75, 3.05) is 32.1 Å². The normalized spacial score (nSPS) is 32.4. The molecule has 3 fully saturated rings. The van der Waals surface area contributed by atoms with Crippen molar-refractivity contribution in [1.29, 1.82) is 0 Å². The van der Waals surface area contributed by atoms with Crippen LogP contribution in [0, 0.1) is 5.92 Å². The Hall–Kier alpha value is -1.15. The van der Waals surface area contributed by atoms with Crippen LogP contribution in [-0.4, -0.2) is 63.6 Å². The predicted molar refractivity (Wildman–Crippen MR) is 126 cm³/mol. The van der Waals surface area contributed by atoms with Gasteiger partial charge in [0.05, 0.1) is 18.5 Å². The zero-order valence-corrected chi connectivity index (χ0v) is 19.9. The molecule has 3 heterocycles. The van der Waals surface area contributed by atoms with Gasteiger partial charge in [-0.25, -0.2) is 13.1 Å². The molecule has 1 saturated heterocycles. The van der Waals surface area contributed by atoms with Crippen molar-refractivity contribution in [1.82, 2.24) is 9.62 Å². The molecular weight excluding hydrogens is 424 g/mol. The molecule has 5 aliphatic rings. The minimum Gasteiger partial charge on any atom is -0.492 e. The first-order chi connectivity index (χ1) is 15.6. The van der Waals surface area contributed by atoms with Crippen molar-refractivity contribution in [3.05, 3.63) is 29.8 Å². The van der Waals surface area contributed by atoms with Crippen molar-refractivity contribution >= 4 is 10.0 Å². The summed E-state index contributed by atoms with van der Waals surface area (Å²) < 4.78 is 41.6. The summed E-state index contributed by atoms with van der Waals surface area (Å²) >= 11 is 0. The molecule has 1 aromatic rings. The second-order valence-electron chi connectivity index (χ2n) is 10.2. The topological polar surface area (TPSA) is 67.9 Å². The Morgan fingerprint density at radius 1 is 0.969 bits per heavy atom. The molecule has 6 nitrogen and oxygen atoms in total. The van der Waals surface area contributed by atoms with Crippen LogP contribution in [0.2, 0.25) is 0 Å². The van der Waals surface area contributed by atoms with Crippen LogP contribution in [0.3, 0.4) is 0 Å². The lowest BCUT2D eigenvalue weighted by Gasteiger charge is -2.42. The molecule has 2 aliphatic carbocycles. The van der Waals surface area contributed by atoms with Gasteiger partial charge in [0.1, 0.15) is 12.4 Å². The van der Waals surface area contributed by atoms with Gasteiger partial charge in [0, 0.05) is 18.6 Å². The lowest BCUT2D eigenvalue weighted by Crippen LogP contribution is -2.58. The number of nitrogens with zero attached hydrogens (tertiary/aromatic N) is 1. The molecule has 0 radical (unpaired) electrons. The lowest BCUT2D eigenvalue weighted by molar-refractivity contribution is -0.0284. The van der Waals surface area contributed by atoms with Gasteiger partial charge in [-0.15, -0.1) is 0 Å². The Labute approximate surface area is 193 Å². The number of nitrogens with one attached hydrogen (secondary N) is 1. The van der Waals surface area contributed by atoms with E-state index in [0.29, 0.717) is 25.0 Å². The van der Waals surface area contributed by atoms with E-state index in [4.69, 9.17) is 9.47 Å². The second-order valence-corrected chi connectivity index (χ2v) is 12.0. The summed E-state index contributed by atoms with van der Waals surface area (Å²) in [6.07, 6.45) is 9.77. The summed E-state index contributed by atoms with van der Waals surface area (Å²) in [6, 6.07) is 8.48. The molecule has 0 amide bonds. The quantitative estimate of drug-likeness (QED) is 0.739. The molecule has 1 N–H and O–H groups in total. The fraction of sp³-hybridized carbons (Fsp3) is 0.760. The number of rotatable bonds is 4. The molecule has 2 atom stereocenters. The lowest BCUT2D eigenvalue weighted by atomic mass is 9.82. The number of hydrogen-bond donors (Lipinski definition) is 1. The highest BCUT2D eigenvalue weighted by atomic mass is 32.2. The number of hydrogen-bond acceptors (Lipinski definition) is 5. The van der Waals surface area contributed by atoms with E-state index in [0.717, 1.165) is 70.2 Å². The predicted octanol–water partition coefficient (Wildman–Crippen LogP) is 3.67. The Kier molecular flexibility index (Phi) is 7.07. The highest BCUT2D eigenvalue weighted by Gasteiger charge is 2.36. The van der Waals surface area contributed by atoms with Crippen molar-refractivity contribution in [2.24, 2.45) is 5.92 Å². The molecule has 7 heteroatoms. The van der Waals surface area contributed by atoms with E-state index in [2.05, 4.69) is 33.9 Å². The molecule has 6 rings (SSSR count). The smallest absolute Gasteiger partial charge is 0.212 e. The molecule has 178 valence electrons. The van der Waals surface area contributed by atoms with Crippen LogP contribution in [0.25, 0.3) is 0 Å². The Morgan fingerprint density at radius 3 is 2.56 bits per heavy atom. The van der Waals surface area contributed by atoms with Gasteiger partial charge in [0.2, 0.25) is 10.0 Å². The van der Waals surface area contributed by atoms with E-state index in [1.165, 1.54) is 12.0 Å². The summed E-state index contributed by atoms with van der Waals surface area (Å²) in [5, 5.41) is 0. The summed E-state index contributed by atoms with van der Waals surface area (Å²) in [4.78, 5) is 2.40. The fourth-order valence-electron chi connectivity index (χ4n) is 6.01. The van der Waals surface area contributed by atoms with Crippen molar-refractivity contribution < 1.29 is 17.9 Å². The number of fused-ring (bicyclic) bond motifs is 5. The van der Waals surface area contributed by atoms with E-state index < -0.39 is 10.0 Å². The zero-order valence-electron chi connectivity index (χ0n) is 19.1. The summed E-state index contributed by atoms with van der Waals surface area (Å²) in [5.41, 5.74) is 1.34. The molecule has 1 aromatic carbocycles. The average molecular weight is 463 g/mol. The van der Waals surface area contributed by atoms with Crippen LogP contribution in [-0.2, 0) is 14.8 Å². The van der Waals surface area contributed by atoms with Crippen LogP contribution in [0.4, 0.5) is 0 Å². The maximum atomic E-state index is 12.9. The van der Waals surface area contributed by atoms with Crippen molar-refractivity contribution in [3.63, 3.8) is 0 Å². The van der Waals surface area contributed by atoms with Crippen molar-refractivity contribution in [2.45, 2.75) is 81.9 Å². The third-order valence-electron chi connectivity index (χ3n) is 8.08. The van der Waals surface area contributed by atoms with E-state index >= 15 is 0 Å². The van der Waals surface area contributed by atoms with Gasteiger partial charge in [0.15, 0.2) is 0 Å². The zero-order chi connectivity index (χ0) is 22.0. The summed E-state index contributed by atoms with van der Waals surface area (Å²) in [7, 11) is -3.26. The Balaban J connectivity index is 1.32. The fourth-order valence-corrected chi connectivity index (χ4v) is 7.80. The molecule has 2 saturated carbocycles. The van der Waals surface area contributed by atoms with Gasteiger partial charge in [0.25, 0.3) is 0 Å². The van der Waals surface area contributed by atoms with Crippen LogP contribution in [0.5, 0.6) is 5.75 Å². The van der Waals surface area contributed by atoms with E-state index in [1.807, 2.05) is 0 Å². The molecule has 3 aliphatic heterocycles. The van der Waals surface area contributed by atoms with Crippen LogP contribution in [0.15, 0.2) is 24.3 Å². The van der Waals surface area contributed by atoms with Gasteiger partial charge in [-0.05, 0) is 81.4 Å². The monoisotopic (exact) mass is 462 g/mol. The maximum absolute atomic E-state index is 12.9. The molecule has 0 unspecified atom stereocenters. The van der Waals surface area contributed by atoms with E-state index in [-0.39, 0.29) is 23.9 Å². The molecular formula is C25H38N2O4S. The summed E-state index contributed by atoms with van der Waals surface area (Å²) in [5.74, 6) is 2.18. The van der Waals surface area contributed by atoms with Crippen molar-refractivity contribution in [3.8, 4) is 5.75 Å². The molecule has 0 spiro atoms. The molecule has 2 bridgehead atoms. The molecule has 0 aromatic heterocycles. The van der Waals surface area contributed by atoms with Crippen LogP contribution < -0.4 is 9.46 Å². The third-order valence-corrected chi connectivity index (χ3v) is 9.65. The molecule has 32 heavy (non-hydrogen) atoms. The number of sulfonamides is 1. The van der Waals surface area contributed by atoms with Gasteiger partial charge in [-0.1, -0.05) is 24.6 Å². The highest BCUT2D eigenvalue weighted by molar-refractivity contribution is 7.89. The first kappa shape index (κ1) is 22.6. The third kappa shape index (κ3) is 5.32.